The highest BCUT2D eigenvalue weighted by molar-refractivity contribution is 6.14. The number of piperidine rings is 1. The van der Waals surface area contributed by atoms with Crippen LogP contribution in [0.3, 0.4) is 0 Å². The Balaban J connectivity index is 1.48. The summed E-state index contributed by atoms with van der Waals surface area (Å²) in [5.41, 5.74) is 2.06. The van der Waals surface area contributed by atoms with Gasteiger partial charge >= 0.3 is 0 Å². The Bertz CT molecular complexity index is 1210. The van der Waals surface area contributed by atoms with Crippen molar-refractivity contribution in [2.75, 3.05) is 11.9 Å². The number of nitrogens with zero attached hydrogens (tertiary/aromatic N) is 6. The molecular weight excluding hydrogens is 430 g/mol. The molecule has 0 spiro atoms. The van der Waals surface area contributed by atoms with Crippen LogP contribution < -0.4 is 10.6 Å². The van der Waals surface area contributed by atoms with Crippen molar-refractivity contribution in [1.82, 2.24) is 30.4 Å². The second-order valence-electron chi connectivity index (χ2n) is 8.56. The fourth-order valence-electron chi connectivity index (χ4n) is 4.06. The summed E-state index contributed by atoms with van der Waals surface area (Å²) in [5.74, 6) is -2.02. The number of aliphatic imine (C=N–C) groups is 1. The number of pyridine rings is 1. The summed E-state index contributed by atoms with van der Waals surface area (Å²) in [6, 6.07) is 4.10. The number of nitrogens with one attached hydrogen (secondary N) is 2. The lowest BCUT2D eigenvalue weighted by Gasteiger charge is -2.28. The highest BCUT2D eigenvalue weighted by Crippen LogP contribution is 2.33. The number of alkyl halides is 2. The zero-order valence-corrected chi connectivity index (χ0v) is 18.6. The molecule has 9 nitrogen and oxygen atoms in total. The first-order valence-corrected chi connectivity index (χ1v) is 10.9. The highest BCUT2D eigenvalue weighted by atomic mass is 19.3. The molecule has 2 aliphatic heterocycles. The van der Waals surface area contributed by atoms with Crippen LogP contribution >= 0.6 is 0 Å². The molecule has 5 heterocycles. The molecule has 172 valence electrons. The molecular formula is C22H24F2N8O. The monoisotopic (exact) mass is 454 g/mol. The fourth-order valence-corrected chi connectivity index (χ4v) is 4.06. The van der Waals surface area contributed by atoms with Crippen LogP contribution in [0, 0.1) is 6.92 Å². The average molecular weight is 454 g/mol. The van der Waals surface area contributed by atoms with Crippen LogP contribution in [0.1, 0.15) is 55.1 Å². The summed E-state index contributed by atoms with van der Waals surface area (Å²) in [7, 11) is 0. The van der Waals surface area contributed by atoms with Crippen LogP contribution in [0.4, 0.5) is 14.7 Å². The predicted molar refractivity (Wildman–Crippen MR) is 117 cm³/mol. The Kier molecular flexibility index (Phi) is 5.35. The molecule has 2 N–H and O–H groups in total. The third kappa shape index (κ3) is 4.32. The second-order valence-corrected chi connectivity index (χ2v) is 8.56. The molecule has 0 saturated carbocycles. The van der Waals surface area contributed by atoms with E-state index < -0.39 is 5.92 Å². The maximum Gasteiger partial charge on any atom is 0.274 e. The van der Waals surface area contributed by atoms with Crippen molar-refractivity contribution >= 4 is 11.7 Å². The standard InChI is InChI=1S/C22H24F2N8O/c1-11-4-5-13(8-25-11)29-21-27-9-15(22(3,23)24)19(31-21)18-14-6-7-16(30-17(14)10-26-18)20-28-12(2)33-32-20/h6-7,9,11,13,25H,4-5,8,10H2,1-3H3,(H,27,29,31)/t11-,13-/m0/s1. The van der Waals surface area contributed by atoms with E-state index in [4.69, 9.17) is 4.52 Å². The fraction of sp³-hybridized carbons (Fsp3) is 0.455. The van der Waals surface area contributed by atoms with Crippen LogP contribution in [0.5, 0.6) is 0 Å². The van der Waals surface area contributed by atoms with E-state index in [1.54, 1.807) is 19.1 Å². The van der Waals surface area contributed by atoms with E-state index in [1.807, 2.05) is 0 Å². The van der Waals surface area contributed by atoms with Crippen molar-refractivity contribution in [3.05, 3.63) is 46.7 Å². The molecule has 1 fully saturated rings. The lowest BCUT2D eigenvalue weighted by Crippen LogP contribution is -2.43. The van der Waals surface area contributed by atoms with Gasteiger partial charge in [-0.15, -0.1) is 0 Å². The van der Waals surface area contributed by atoms with Gasteiger partial charge in [0.25, 0.3) is 5.92 Å². The lowest BCUT2D eigenvalue weighted by molar-refractivity contribution is 0.0166. The number of aromatic nitrogens is 5. The van der Waals surface area contributed by atoms with Crippen LogP contribution in [0.25, 0.3) is 11.5 Å². The van der Waals surface area contributed by atoms with Crippen molar-refractivity contribution < 1.29 is 13.3 Å². The number of hydrogen-bond donors (Lipinski definition) is 2. The number of anilines is 1. The van der Waals surface area contributed by atoms with Gasteiger partial charge in [-0.05, 0) is 31.9 Å². The van der Waals surface area contributed by atoms with Gasteiger partial charge in [-0.3, -0.25) is 4.99 Å². The molecule has 3 aromatic rings. The van der Waals surface area contributed by atoms with Crippen LogP contribution in [-0.4, -0.2) is 49.4 Å². The SMILES string of the molecule is Cc1nc(-c2ccc3c(n2)CN=C3c2nc(N[C@H]3CC[C@H](C)NC3)ncc2C(C)(F)F)no1. The number of fused-ring (bicyclic) bond motifs is 1. The van der Waals surface area contributed by atoms with Gasteiger partial charge in [-0.25, -0.2) is 23.7 Å². The van der Waals surface area contributed by atoms with Gasteiger partial charge in [0.05, 0.1) is 23.5 Å². The van der Waals surface area contributed by atoms with E-state index in [1.165, 1.54) is 6.20 Å². The van der Waals surface area contributed by atoms with Crippen molar-refractivity contribution in [2.45, 2.75) is 58.2 Å². The minimum absolute atomic E-state index is 0.112. The quantitative estimate of drug-likeness (QED) is 0.604. The zero-order chi connectivity index (χ0) is 23.2. The second kappa shape index (κ2) is 8.22. The predicted octanol–water partition coefficient (Wildman–Crippen LogP) is 3.25. The third-order valence-corrected chi connectivity index (χ3v) is 5.85. The van der Waals surface area contributed by atoms with Crippen LogP contribution in [0.15, 0.2) is 27.8 Å². The van der Waals surface area contributed by atoms with Gasteiger partial charge in [-0.1, -0.05) is 5.16 Å². The van der Waals surface area contributed by atoms with Crippen molar-refractivity contribution in [2.24, 2.45) is 4.99 Å². The Morgan fingerprint density at radius 1 is 1.18 bits per heavy atom. The summed E-state index contributed by atoms with van der Waals surface area (Å²) < 4.78 is 33.9. The minimum Gasteiger partial charge on any atom is -0.350 e. The molecule has 2 aliphatic rings. The van der Waals surface area contributed by atoms with E-state index in [0.717, 1.165) is 26.3 Å². The molecule has 1 saturated heterocycles. The van der Waals surface area contributed by atoms with E-state index in [2.05, 4.69) is 47.6 Å². The first-order valence-electron chi connectivity index (χ1n) is 10.9. The largest absolute Gasteiger partial charge is 0.350 e. The number of aryl methyl sites for hydroxylation is 1. The summed E-state index contributed by atoms with van der Waals surface area (Å²) in [5, 5.41) is 10.6. The maximum atomic E-state index is 14.5. The van der Waals surface area contributed by atoms with Gasteiger partial charge in [0, 0.05) is 44.2 Å². The minimum atomic E-state index is -3.13. The van der Waals surface area contributed by atoms with Gasteiger partial charge < -0.3 is 15.2 Å². The number of hydrogen-bond acceptors (Lipinski definition) is 9. The van der Waals surface area contributed by atoms with Crippen LogP contribution in [-0.2, 0) is 12.5 Å². The van der Waals surface area contributed by atoms with Gasteiger partial charge in [0.2, 0.25) is 17.7 Å². The van der Waals surface area contributed by atoms with Crippen molar-refractivity contribution in [1.29, 1.82) is 0 Å². The summed E-state index contributed by atoms with van der Waals surface area (Å²) in [4.78, 5) is 21.9. The maximum absolute atomic E-state index is 14.5. The van der Waals surface area contributed by atoms with E-state index >= 15 is 0 Å². The van der Waals surface area contributed by atoms with E-state index in [-0.39, 0.29) is 23.8 Å². The molecule has 2 atom stereocenters. The average Bonchev–Trinajstić information content (AvgIpc) is 3.40. The van der Waals surface area contributed by atoms with Gasteiger partial charge in [-0.2, -0.15) is 4.98 Å². The Morgan fingerprint density at radius 3 is 2.73 bits per heavy atom. The Labute approximate surface area is 189 Å². The van der Waals surface area contributed by atoms with E-state index in [9.17, 15) is 8.78 Å². The molecule has 0 amide bonds. The molecule has 0 unspecified atom stereocenters. The van der Waals surface area contributed by atoms with Crippen molar-refractivity contribution in [3.8, 4) is 11.5 Å². The third-order valence-electron chi connectivity index (χ3n) is 5.85. The molecule has 0 aliphatic carbocycles. The summed E-state index contributed by atoms with van der Waals surface area (Å²) >= 11 is 0. The first-order chi connectivity index (χ1) is 15.8. The van der Waals surface area contributed by atoms with Crippen LogP contribution in [0.2, 0.25) is 0 Å². The first kappa shape index (κ1) is 21.5. The topological polar surface area (TPSA) is 114 Å². The summed E-state index contributed by atoms with van der Waals surface area (Å²) in [6.07, 6.45) is 3.15. The molecule has 0 bridgehead atoms. The van der Waals surface area contributed by atoms with Gasteiger partial charge in [0.1, 0.15) is 11.4 Å². The lowest BCUT2D eigenvalue weighted by atomic mass is 10.0. The molecule has 0 aromatic carbocycles. The van der Waals surface area contributed by atoms with Crippen molar-refractivity contribution in [3.63, 3.8) is 0 Å². The molecule has 33 heavy (non-hydrogen) atoms. The molecule has 5 rings (SSSR count). The number of halogens is 2. The molecule has 11 heteroatoms. The molecule has 3 aromatic heterocycles. The normalized spacial score (nSPS) is 20.5. The van der Waals surface area contributed by atoms with E-state index in [0.29, 0.717) is 46.4 Å². The van der Waals surface area contributed by atoms with Gasteiger partial charge in [0.15, 0.2) is 0 Å². The Hall–Kier alpha value is -3.34. The highest BCUT2D eigenvalue weighted by Gasteiger charge is 2.34. The smallest absolute Gasteiger partial charge is 0.274 e. The summed E-state index contributed by atoms with van der Waals surface area (Å²) in [6.45, 7) is 5.68. The number of rotatable bonds is 5. The molecule has 0 radical (unpaired) electrons. The Morgan fingerprint density at radius 2 is 2.03 bits per heavy atom. The zero-order valence-electron chi connectivity index (χ0n) is 18.6.